The molecule has 2 aromatic rings. The van der Waals surface area contributed by atoms with Crippen LogP contribution in [0.4, 0.5) is 5.69 Å². The Balaban J connectivity index is 1.39. The Hall–Kier alpha value is -3.78. The Morgan fingerprint density at radius 1 is 1.17 bits per heavy atom. The standard InChI is InChI=1S/C27H26ClN3O5/c1-15-6-7-17(12-21(15)28)11-20(32)10-16(2)18-4-3-5-19(13-18)29-22-14-25(34)31(27(22)36)23-8-9-24(33)30-26(23)35/h3-7,12-14,16,23,29H,8-11H2,1-2H3,(H,30,33,35). The summed E-state index contributed by atoms with van der Waals surface area (Å²) in [6.07, 6.45) is 1.93. The summed E-state index contributed by atoms with van der Waals surface area (Å²) in [6.45, 7) is 3.86. The van der Waals surface area contributed by atoms with Crippen molar-refractivity contribution >= 4 is 46.7 Å². The zero-order valence-electron chi connectivity index (χ0n) is 20.0. The van der Waals surface area contributed by atoms with Gasteiger partial charge >= 0.3 is 0 Å². The zero-order chi connectivity index (χ0) is 26.0. The maximum Gasteiger partial charge on any atom is 0.278 e. The van der Waals surface area contributed by atoms with Crippen molar-refractivity contribution in [3.63, 3.8) is 0 Å². The molecule has 4 amide bonds. The van der Waals surface area contributed by atoms with Gasteiger partial charge in [0, 0.05) is 36.0 Å². The minimum Gasteiger partial charge on any atom is -0.351 e. The molecule has 2 aromatic carbocycles. The fraction of sp³-hybridized carbons (Fsp3) is 0.296. The smallest absolute Gasteiger partial charge is 0.278 e. The lowest BCUT2D eigenvalue weighted by atomic mass is 9.93. The Bertz CT molecular complexity index is 1300. The Morgan fingerprint density at radius 3 is 2.67 bits per heavy atom. The Kier molecular flexibility index (Phi) is 7.35. The number of hydrogen-bond acceptors (Lipinski definition) is 6. The van der Waals surface area contributed by atoms with E-state index in [2.05, 4.69) is 10.6 Å². The van der Waals surface area contributed by atoms with E-state index in [-0.39, 0.29) is 30.2 Å². The molecular weight excluding hydrogens is 482 g/mol. The van der Waals surface area contributed by atoms with Gasteiger partial charge < -0.3 is 5.32 Å². The van der Waals surface area contributed by atoms with Crippen molar-refractivity contribution in [2.75, 3.05) is 5.32 Å². The van der Waals surface area contributed by atoms with Gasteiger partial charge in [0.25, 0.3) is 11.8 Å². The third-order valence-electron chi connectivity index (χ3n) is 6.38. The first-order chi connectivity index (χ1) is 17.1. The van der Waals surface area contributed by atoms with E-state index in [1.54, 1.807) is 12.1 Å². The summed E-state index contributed by atoms with van der Waals surface area (Å²) in [4.78, 5) is 62.4. The number of piperidine rings is 1. The maximum atomic E-state index is 12.9. The van der Waals surface area contributed by atoms with E-state index in [0.29, 0.717) is 23.6 Å². The minimum atomic E-state index is -1.01. The molecular formula is C27H26ClN3O5. The second-order valence-corrected chi connectivity index (χ2v) is 9.60. The summed E-state index contributed by atoms with van der Waals surface area (Å²) in [6, 6.07) is 11.9. The van der Waals surface area contributed by atoms with Gasteiger partial charge in [0.2, 0.25) is 11.8 Å². The molecule has 0 spiro atoms. The van der Waals surface area contributed by atoms with Crippen LogP contribution in [0.25, 0.3) is 0 Å². The van der Waals surface area contributed by atoms with Crippen molar-refractivity contribution in [3.05, 3.63) is 76.0 Å². The van der Waals surface area contributed by atoms with Gasteiger partial charge in [-0.15, -0.1) is 0 Å². The Morgan fingerprint density at radius 2 is 1.94 bits per heavy atom. The van der Waals surface area contributed by atoms with Gasteiger partial charge in [0.05, 0.1) is 0 Å². The SMILES string of the molecule is Cc1ccc(CC(=O)CC(C)c2cccc(NC3=CC(=O)N(C4CCC(=O)NC4=O)C3=O)c2)cc1Cl. The highest BCUT2D eigenvalue weighted by molar-refractivity contribution is 6.31. The van der Waals surface area contributed by atoms with Crippen LogP contribution in [0.3, 0.4) is 0 Å². The van der Waals surface area contributed by atoms with Gasteiger partial charge in [-0.2, -0.15) is 0 Å². The fourth-order valence-electron chi connectivity index (χ4n) is 4.38. The third-order valence-corrected chi connectivity index (χ3v) is 6.79. The predicted octanol–water partition coefficient (Wildman–Crippen LogP) is 3.42. The van der Waals surface area contributed by atoms with Gasteiger partial charge in [0.1, 0.15) is 17.5 Å². The number of benzene rings is 2. The van der Waals surface area contributed by atoms with Crippen LogP contribution in [-0.2, 0) is 30.4 Å². The summed E-state index contributed by atoms with van der Waals surface area (Å²) < 4.78 is 0. The molecule has 2 unspecified atom stereocenters. The van der Waals surface area contributed by atoms with E-state index in [0.717, 1.165) is 27.7 Å². The molecule has 0 bridgehead atoms. The molecule has 0 radical (unpaired) electrons. The molecule has 36 heavy (non-hydrogen) atoms. The minimum absolute atomic E-state index is 0.0434. The van der Waals surface area contributed by atoms with Gasteiger partial charge in [-0.3, -0.25) is 34.2 Å². The summed E-state index contributed by atoms with van der Waals surface area (Å²) in [7, 11) is 0. The maximum absolute atomic E-state index is 12.9. The highest BCUT2D eigenvalue weighted by Gasteiger charge is 2.42. The van der Waals surface area contributed by atoms with Crippen LogP contribution in [-0.4, -0.2) is 40.4 Å². The lowest BCUT2D eigenvalue weighted by Crippen LogP contribution is -2.54. The number of anilines is 1. The molecule has 0 saturated carbocycles. The lowest BCUT2D eigenvalue weighted by Gasteiger charge is -2.28. The largest absolute Gasteiger partial charge is 0.351 e. The monoisotopic (exact) mass is 507 g/mol. The molecule has 2 aliphatic heterocycles. The molecule has 4 rings (SSSR count). The fourth-order valence-corrected chi connectivity index (χ4v) is 4.58. The molecule has 0 aliphatic carbocycles. The normalized spacial score (nSPS) is 18.7. The first-order valence-electron chi connectivity index (χ1n) is 11.7. The predicted molar refractivity (Wildman–Crippen MR) is 134 cm³/mol. The molecule has 8 nitrogen and oxygen atoms in total. The number of hydrogen-bond donors (Lipinski definition) is 2. The van der Waals surface area contributed by atoms with E-state index < -0.39 is 29.7 Å². The molecule has 9 heteroatoms. The molecule has 1 fully saturated rings. The second-order valence-electron chi connectivity index (χ2n) is 9.19. The number of imide groups is 2. The number of ketones is 1. The number of aryl methyl sites for hydroxylation is 1. The number of halogens is 1. The van der Waals surface area contributed by atoms with Crippen molar-refractivity contribution < 1.29 is 24.0 Å². The summed E-state index contributed by atoms with van der Waals surface area (Å²) in [5, 5.41) is 5.77. The molecule has 2 heterocycles. The van der Waals surface area contributed by atoms with Gasteiger partial charge in [0.15, 0.2) is 0 Å². The number of nitrogens with zero attached hydrogens (tertiary/aromatic N) is 1. The summed E-state index contributed by atoms with van der Waals surface area (Å²) in [5.74, 6) is -2.30. The quantitative estimate of drug-likeness (QED) is 0.529. The molecule has 186 valence electrons. The number of nitrogens with one attached hydrogen (secondary N) is 2. The molecule has 1 saturated heterocycles. The van der Waals surface area contributed by atoms with Crippen molar-refractivity contribution in [1.29, 1.82) is 0 Å². The van der Waals surface area contributed by atoms with E-state index >= 15 is 0 Å². The molecule has 2 atom stereocenters. The van der Waals surface area contributed by atoms with Crippen LogP contribution in [0.5, 0.6) is 0 Å². The topological polar surface area (TPSA) is 113 Å². The first kappa shape index (κ1) is 25.3. The van der Waals surface area contributed by atoms with Crippen molar-refractivity contribution in [1.82, 2.24) is 10.2 Å². The molecule has 2 aliphatic rings. The van der Waals surface area contributed by atoms with Crippen LogP contribution < -0.4 is 10.6 Å². The van der Waals surface area contributed by atoms with Gasteiger partial charge in [-0.1, -0.05) is 42.8 Å². The zero-order valence-corrected chi connectivity index (χ0v) is 20.7. The number of carbonyl (C=O) groups excluding carboxylic acids is 5. The second kappa shape index (κ2) is 10.5. The van der Waals surface area contributed by atoms with E-state index in [9.17, 15) is 24.0 Å². The number of rotatable bonds is 8. The first-order valence-corrected chi connectivity index (χ1v) is 12.1. The van der Waals surface area contributed by atoms with Crippen molar-refractivity contribution in [2.45, 2.75) is 51.5 Å². The number of Topliss-reactive ketones (excluding diaryl/α,β-unsaturated/α-hetero) is 1. The summed E-state index contributed by atoms with van der Waals surface area (Å²) in [5.41, 5.74) is 3.35. The van der Waals surface area contributed by atoms with Crippen molar-refractivity contribution in [2.24, 2.45) is 0 Å². The number of amides is 4. The van der Waals surface area contributed by atoms with E-state index in [1.807, 2.05) is 44.2 Å². The number of carbonyl (C=O) groups is 5. The average molecular weight is 508 g/mol. The van der Waals surface area contributed by atoms with Crippen LogP contribution in [0.15, 0.2) is 54.2 Å². The van der Waals surface area contributed by atoms with Crippen molar-refractivity contribution in [3.8, 4) is 0 Å². The van der Waals surface area contributed by atoms with Crippen LogP contribution >= 0.6 is 11.6 Å². The molecule has 2 N–H and O–H groups in total. The highest BCUT2D eigenvalue weighted by Crippen LogP contribution is 2.27. The highest BCUT2D eigenvalue weighted by atomic mass is 35.5. The lowest BCUT2D eigenvalue weighted by molar-refractivity contribution is -0.149. The van der Waals surface area contributed by atoms with Crippen LogP contribution in [0, 0.1) is 6.92 Å². The Labute approximate surface area is 213 Å². The van der Waals surface area contributed by atoms with Gasteiger partial charge in [-0.25, -0.2) is 0 Å². The average Bonchev–Trinajstić information content (AvgIpc) is 3.09. The molecule has 0 aromatic heterocycles. The third kappa shape index (κ3) is 5.54. The van der Waals surface area contributed by atoms with Crippen LogP contribution in [0.1, 0.15) is 48.8 Å². The van der Waals surface area contributed by atoms with E-state index in [1.165, 1.54) is 0 Å². The van der Waals surface area contributed by atoms with E-state index in [4.69, 9.17) is 11.6 Å². The van der Waals surface area contributed by atoms with Gasteiger partial charge in [-0.05, 0) is 54.2 Å². The van der Waals surface area contributed by atoms with Crippen LogP contribution in [0.2, 0.25) is 5.02 Å². The summed E-state index contributed by atoms with van der Waals surface area (Å²) >= 11 is 6.17.